The molecule has 0 aliphatic heterocycles. The molecule has 0 heterocycles. The number of anilines is 1. The SMILES string of the molecule is CN(c1ccccc1)[C@H]1CCCC[C@@H]1NS(=O)(=O)c1ccc(Cl)cc1. The van der Waals surface area contributed by atoms with Crippen LogP contribution in [0.5, 0.6) is 0 Å². The van der Waals surface area contributed by atoms with Crippen LogP contribution in [0.4, 0.5) is 5.69 Å². The molecule has 134 valence electrons. The van der Waals surface area contributed by atoms with E-state index in [9.17, 15) is 8.42 Å². The predicted molar refractivity (Wildman–Crippen MR) is 103 cm³/mol. The Bertz CT molecular complexity index is 794. The molecule has 1 N–H and O–H groups in total. The van der Waals surface area contributed by atoms with Crippen molar-refractivity contribution in [2.24, 2.45) is 0 Å². The molecular weight excluding hydrogens is 356 g/mol. The van der Waals surface area contributed by atoms with Gasteiger partial charge in [0.25, 0.3) is 0 Å². The van der Waals surface area contributed by atoms with E-state index in [0.29, 0.717) is 5.02 Å². The maximum absolute atomic E-state index is 12.7. The van der Waals surface area contributed by atoms with Gasteiger partial charge in [0, 0.05) is 29.8 Å². The molecule has 0 aromatic heterocycles. The second-order valence-electron chi connectivity index (χ2n) is 6.48. The van der Waals surface area contributed by atoms with Crippen LogP contribution in [-0.2, 0) is 10.0 Å². The van der Waals surface area contributed by atoms with Crippen molar-refractivity contribution in [3.8, 4) is 0 Å². The van der Waals surface area contributed by atoms with E-state index in [1.54, 1.807) is 24.3 Å². The minimum atomic E-state index is -3.56. The lowest BCUT2D eigenvalue weighted by Crippen LogP contribution is -2.52. The van der Waals surface area contributed by atoms with Crippen LogP contribution < -0.4 is 9.62 Å². The summed E-state index contributed by atoms with van der Waals surface area (Å²) in [6, 6.07) is 16.4. The van der Waals surface area contributed by atoms with E-state index < -0.39 is 10.0 Å². The van der Waals surface area contributed by atoms with Crippen LogP contribution in [0.3, 0.4) is 0 Å². The Hall–Kier alpha value is -1.56. The third-order valence-corrected chi connectivity index (χ3v) is 6.58. The molecule has 1 fully saturated rings. The zero-order valence-corrected chi connectivity index (χ0v) is 15.8. The number of likely N-dealkylation sites (N-methyl/N-ethyl adjacent to an activating group) is 1. The third kappa shape index (κ3) is 4.35. The quantitative estimate of drug-likeness (QED) is 0.853. The summed E-state index contributed by atoms with van der Waals surface area (Å²) in [7, 11) is -1.52. The van der Waals surface area contributed by atoms with E-state index in [1.165, 1.54) is 0 Å². The lowest BCUT2D eigenvalue weighted by molar-refractivity contribution is 0.351. The van der Waals surface area contributed by atoms with E-state index in [-0.39, 0.29) is 17.0 Å². The highest BCUT2D eigenvalue weighted by atomic mass is 35.5. The lowest BCUT2D eigenvalue weighted by atomic mass is 9.90. The summed E-state index contributed by atoms with van der Waals surface area (Å²) in [6.45, 7) is 0. The molecule has 2 atom stereocenters. The average molecular weight is 379 g/mol. The molecule has 2 aromatic carbocycles. The first-order valence-electron chi connectivity index (χ1n) is 8.53. The van der Waals surface area contributed by atoms with Gasteiger partial charge in [-0.05, 0) is 49.2 Å². The number of halogens is 1. The molecular formula is C19H23ClN2O2S. The van der Waals surface area contributed by atoms with Gasteiger partial charge in [-0.3, -0.25) is 0 Å². The fourth-order valence-electron chi connectivity index (χ4n) is 3.45. The van der Waals surface area contributed by atoms with Crippen LogP contribution in [0.1, 0.15) is 25.7 Å². The maximum atomic E-state index is 12.7. The molecule has 1 aliphatic carbocycles. The zero-order valence-electron chi connectivity index (χ0n) is 14.2. The molecule has 2 aromatic rings. The Kier molecular flexibility index (Phi) is 5.67. The summed E-state index contributed by atoms with van der Waals surface area (Å²) in [4.78, 5) is 2.44. The van der Waals surface area contributed by atoms with Crippen molar-refractivity contribution in [3.63, 3.8) is 0 Å². The molecule has 0 radical (unpaired) electrons. The van der Waals surface area contributed by atoms with Gasteiger partial charge in [-0.15, -0.1) is 0 Å². The second-order valence-corrected chi connectivity index (χ2v) is 8.63. The van der Waals surface area contributed by atoms with Crippen molar-refractivity contribution in [2.45, 2.75) is 42.7 Å². The van der Waals surface area contributed by atoms with Gasteiger partial charge in [0.2, 0.25) is 10.0 Å². The Labute approximate surface area is 154 Å². The Balaban J connectivity index is 1.80. The highest BCUT2D eigenvalue weighted by molar-refractivity contribution is 7.89. The molecule has 25 heavy (non-hydrogen) atoms. The fourth-order valence-corrected chi connectivity index (χ4v) is 4.88. The van der Waals surface area contributed by atoms with Gasteiger partial charge in [-0.1, -0.05) is 42.6 Å². The minimum Gasteiger partial charge on any atom is -0.370 e. The van der Waals surface area contributed by atoms with Crippen LogP contribution in [0, 0.1) is 0 Å². The van der Waals surface area contributed by atoms with Gasteiger partial charge >= 0.3 is 0 Å². The summed E-state index contributed by atoms with van der Waals surface area (Å²) in [5.74, 6) is 0. The first kappa shape index (κ1) is 18.2. The molecule has 0 bridgehead atoms. The molecule has 0 spiro atoms. The molecule has 3 rings (SSSR count). The van der Waals surface area contributed by atoms with E-state index >= 15 is 0 Å². The molecule has 0 amide bonds. The predicted octanol–water partition coefficient (Wildman–Crippen LogP) is 4.07. The van der Waals surface area contributed by atoms with Gasteiger partial charge in [0.1, 0.15) is 0 Å². The number of sulfonamides is 1. The standard InChI is InChI=1S/C19H23ClN2O2S/c1-22(16-7-3-2-4-8-16)19-10-6-5-9-18(19)21-25(23,24)17-13-11-15(20)12-14-17/h2-4,7-8,11-14,18-19,21H,5-6,9-10H2,1H3/t18-,19-/m0/s1. The van der Waals surface area contributed by atoms with Crippen LogP contribution in [0.25, 0.3) is 0 Å². The number of hydrogen-bond acceptors (Lipinski definition) is 3. The summed E-state index contributed by atoms with van der Waals surface area (Å²) in [5, 5.41) is 0.526. The summed E-state index contributed by atoms with van der Waals surface area (Å²) in [6.07, 6.45) is 3.96. The van der Waals surface area contributed by atoms with E-state index in [4.69, 9.17) is 11.6 Å². The van der Waals surface area contributed by atoms with Crippen molar-refractivity contribution in [2.75, 3.05) is 11.9 Å². The Morgan fingerprint density at radius 2 is 1.64 bits per heavy atom. The molecule has 0 saturated heterocycles. The zero-order chi connectivity index (χ0) is 17.9. The van der Waals surface area contributed by atoms with Gasteiger partial charge in [0.15, 0.2) is 0 Å². The molecule has 4 nitrogen and oxygen atoms in total. The number of rotatable bonds is 5. The number of benzene rings is 2. The Morgan fingerprint density at radius 3 is 2.32 bits per heavy atom. The molecule has 0 unspecified atom stereocenters. The monoisotopic (exact) mass is 378 g/mol. The molecule has 6 heteroatoms. The smallest absolute Gasteiger partial charge is 0.240 e. The highest BCUT2D eigenvalue weighted by Crippen LogP contribution is 2.27. The first-order chi connectivity index (χ1) is 12.0. The lowest BCUT2D eigenvalue weighted by Gasteiger charge is -2.39. The van der Waals surface area contributed by atoms with Gasteiger partial charge in [-0.25, -0.2) is 13.1 Å². The fraction of sp³-hybridized carbons (Fsp3) is 0.368. The summed E-state index contributed by atoms with van der Waals surface area (Å²) >= 11 is 5.86. The number of hydrogen-bond donors (Lipinski definition) is 1. The third-order valence-electron chi connectivity index (χ3n) is 4.82. The van der Waals surface area contributed by atoms with E-state index in [0.717, 1.165) is 31.4 Å². The number of para-hydroxylation sites is 1. The minimum absolute atomic E-state index is 0.111. The van der Waals surface area contributed by atoms with Crippen LogP contribution in [0.15, 0.2) is 59.5 Å². The largest absolute Gasteiger partial charge is 0.370 e. The van der Waals surface area contributed by atoms with Crippen molar-refractivity contribution in [1.82, 2.24) is 4.72 Å². The maximum Gasteiger partial charge on any atom is 0.240 e. The first-order valence-corrected chi connectivity index (χ1v) is 10.4. The van der Waals surface area contributed by atoms with E-state index in [2.05, 4.69) is 21.8 Å². The van der Waals surface area contributed by atoms with Crippen LogP contribution in [-0.4, -0.2) is 27.5 Å². The second kappa shape index (κ2) is 7.77. The van der Waals surface area contributed by atoms with E-state index in [1.807, 2.05) is 25.2 Å². The molecule has 1 aliphatic rings. The number of nitrogens with one attached hydrogen (secondary N) is 1. The Morgan fingerprint density at radius 1 is 1.00 bits per heavy atom. The normalized spacial score (nSPS) is 21.0. The van der Waals surface area contributed by atoms with Crippen LogP contribution in [0.2, 0.25) is 5.02 Å². The van der Waals surface area contributed by atoms with Crippen molar-refractivity contribution in [3.05, 3.63) is 59.6 Å². The highest BCUT2D eigenvalue weighted by Gasteiger charge is 2.32. The van der Waals surface area contributed by atoms with Gasteiger partial charge in [-0.2, -0.15) is 0 Å². The van der Waals surface area contributed by atoms with Crippen molar-refractivity contribution >= 4 is 27.3 Å². The van der Waals surface area contributed by atoms with Gasteiger partial charge in [0.05, 0.1) is 4.90 Å². The summed E-state index contributed by atoms with van der Waals surface area (Å²) < 4.78 is 28.4. The van der Waals surface area contributed by atoms with Crippen molar-refractivity contribution in [1.29, 1.82) is 0 Å². The average Bonchev–Trinajstić information content (AvgIpc) is 2.62. The van der Waals surface area contributed by atoms with Crippen molar-refractivity contribution < 1.29 is 8.42 Å². The number of nitrogens with zero attached hydrogens (tertiary/aromatic N) is 1. The summed E-state index contributed by atoms with van der Waals surface area (Å²) in [5.41, 5.74) is 1.10. The topological polar surface area (TPSA) is 49.4 Å². The molecule has 1 saturated carbocycles. The van der Waals surface area contributed by atoms with Gasteiger partial charge < -0.3 is 4.90 Å². The van der Waals surface area contributed by atoms with Crippen LogP contribution >= 0.6 is 11.6 Å².